The molecule has 1 fully saturated rings. The number of nitrogens with zero attached hydrogens (tertiary/aromatic N) is 1. The van der Waals surface area contributed by atoms with E-state index in [2.05, 4.69) is 58.7 Å². The first-order valence-electron chi connectivity index (χ1n) is 9.21. The topological polar surface area (TPSA) is 15.3 Å². The highest BCUT2D eigenvalue weighted by molar-refractivity contribution is 4.85. The minimum atomic E-state index is 0.226. The molecule has 0 aromatic rings. The molecule has 0 amide bonds. The van der Waals surface area contributed by atoms with Gasteiger partial charge >= 0.3 is 0 Å². The van der Waals surface area contributed by atoms with E-state index in [1.165, 1.54) is 38.6 Å². The fourth-order valence-electron chi connectivity index (χ4n) is 3.33. The van der Waals surface area contributed by atoms with Gasteiger partial charge in [0.2, 0.25) is 0 Å². The van der Waals surface area contributed by atoms with Crippen LogP contribution in [0.1, 0.15) is 80.6 Å². The fourth-order valence-corrected chi connectivity index (χ4v) is 3.33. The minimum Gasteiger partial charge on any atom is -0.312 e. The van der Waals surface area contributed by atoms with Gasteiger partial charge in [0.05, 0.1) is 0 Å². The normalized spacial score (nSPS) is 20.4. The van der Waals surface area contributed by atoms with Gasteiger partial charge in [-0.1, -0.05) is 33.6 Å². The van der Waals surface area contributed by atoms with Gasteiger partial charge in [-0.2, -0.15) is 0 Å². The summed E-state index contributed by atoms with van der Waals surface area (Å²) < 4.78 is 0. The van der Waals surface area contributed by atoms with Crippen molar-refractivity contribution in [3.63, 3.8) is 0 Å². The van der Waals surface area contributed by atoms with E-state index in [1.807, 2.05) is 0 Å². The van der Waals surface area contributed by atoms with Crippen LogP contribution in [0.25, 0.3) is 0 Å². The largest absolute Gasteiger partial charge is 0.312 e. The first kappa shape index (κ1) is 19.0. The Morgan fingerprint density at radius 1 is 1.05 bits per heavy atom. The molecule has 1 rings (SSSR count). The van der Waals surface area contributed by atoms with E-state index in [0.717, 1.165) is 18.5 Å². The van der Waals surface area contributed by atoms with E-state index in [0.29, 0.717) is 12.0 Å². The fraction of sp³-hybridized carbons (Fsp3) is 1.00. The van der Waals surface area contributed by atoms with Gasteiger partial charge in [-0.15, -0.1) is 0 Å². The molecule has 0 aliphatic heterocycles. The van der Waals surface area contributed by atoms with Crippen LogP contribution in [0.4, 0.5) is 0 Å². The molecule has 0 heterocycles. The third kappa shape index (κ3) is 7.15. The van der Waals surface area contributed by atoms with Gasteiger partial charge in [0, 0.05) is 17.6 Å². The summed E-state index contributed by atoms with van der Waals surface area (Å²) in [6.07, 6.45) is 7.04. The van der Waals surface area contributed by atoms with Crippen molar-refractivity contribution in [1.29, 1.82) is 0 Å². The van der Waals surface area contributed by atoms with Crippen molar-refractivity contribution >= 4 is 0 Å². The Kier molecular flexibility index (Phi) is 7.70. The van der Waals surface area contributed by atoms with Crippen molar-refractivity contribution in [1.82, 2.24) is 10.2 Å². The van der Waals surface area contributed by atoms with Gasteiger partial charge in [0.15, 0.2) is 0 Å². The summed E-state index contributed by atoms with van der Waals surface area (Å²) in [5.74, 6) is 1.51. The Morgan fingerprint density at radius 2 is 1.62 bits per heavy atom. The highest BCUT2D eigenvalue weighted by Gasteiger charge is 2.29. The second-order valence-electron chi connectivity index (χ2n) is 8.71. The SMILES string of the molecule is CC(C)CCN(C1CCCC1)C(C)C(C)CNC(C)(C)C. The van der Waals surface area contributed by atoms with E-state index in [1.54, 1.807) is 0 Å². The number of hydrogen-bond donors (Lipinski definition) is 1. The lowest BCUT2D eigenvalue weighted by Crippen LogP contribution is -2.48. The minimum absolute atomic E-state index is 0.226. The first-order valence-corrected chi connectivity index (χ1v) is 9.21. The molecule has 0 radical (unpaired) electrons. The molecule has 0 aromatic heterocycles. The van der Waals surface area contributed by atoms with Crippen molar-refractivity contribution < 1.29 is 0 Å². The van der Waals surface area contributed by atoms with Crippen molar-refractivity contribution in [3.05, 3.63) is 0 Å². The molecular formula is C19H40N2. The molecule has 1 N–H and O–H groups in total. The predicted molar refractivity (Wildman–Crippen MR) is 94.8 cm³/mol. The molecule has 1 saturated carbocycles. The second-order valence-corrected chi connectivity index (χ2v) is 8.71. The maximum atomic E-state index is 3.69. The van der Waals surface area contributed by atoms with Crippen molar-refractivity contribution in [3.8, 4) is 0 Å². The molecule has 0 spiro atoms. The van der Waals surface area contributed by atoms with Crippen LogP contribution < -0.4 is 5.32 Å². The van der Waals surface area contributed by atoms with E-state index in [4.69, 9.17) is 0 Å². The Labute approximate surface area is 134 Å². The maximum absolute atomic E-state index is 3.69. The maximum Gasteiger partial charge on any atom is 0.0108 e. The number of nitrogens with one attached hydrogen (secondary N) is 1. The molecule has 126 valence electrons. The van der Waals surface area contributed by atoms with Crippen molar-refractivity contribution in [2.24, 2.45) is 11.8 Å². The van der Waals surface area contributed by atoms with Crippen LogP contribution in [-0.4, -0.2) is 35.6 Å². The molecule has 0 bridgehead atoms. The Bertz CT molecular complexity index is 274. The lowest BCUT2D eigenvalue weighted by Gasteiger charge is -2.39. The highest BCUT2D eigenvalue weighted by Crippen LogP contribution is 2.28. The van der Waals surface area contributed by atoms with Crippen molar-refractivity contribution in [2.45, 2.75) is 98.2 Å². The van der Waals surface area contributed by atoms with E-state index in [-0.39, 0.29) is 5.54 Å². The summed E-state index contributed by atoms with van der Waals surface area (Å²) in [6.45, 7) is 18.8. The van der Waals surface area contributed by atoms with Gasteiger partial charge in [-0.05, 0) is 71.9 Å². The predicted octanol–water partition coefficient (Wildman–Crippen LogP) is 4.69. The monoisotopic (exact) mass is 296 g/mol. The lowest BCUT2D eigenvalue weighted by molar-refractivity contribution is 0.0997. The smallest absolute Gasteiger partial charge is 0.0108 e. The highest BCUT2D eigenvalue weighted by atomic mass is 15.2. The summed E-state index contributed by atoms with van der Waals surface area (Å²) in [5.41, 5.74) is 0.226. The molecule has 21 heavy (non-hydrogen) atoms. The average molecular weight is 297 g/mol. The van der Waals surface area contributed by atoms with Crippen LogP contribution in [0.2, 0.25) is 0 Å². The van der Waals surface area contributed by atoms with Gasteiger partial charge in [-0.3, -0.25) is 4.90 Å². The van der Waals surface area contributed by atoms with Crippen molar-refractivity contribution in [2.75, 3.05) is 13.1 Å². The second kappa shape index (κ2) is 8.53. The number of hydrogen-bond acceptors (Lipinski definition) is 2. The van der Waals surface area contributed by atoms with E-state index < -0.39 is 0 Å². The third-order valence-electron chi connectivity index (χ3n) is 5.06. The molecule has 1 aliphatic carbocycles. The number of rotatable bonds is 8. The van der Waals surface area contributed by atoms with Crippen LogP contribution >= 0.6 is 0 Å². The van der Waals surface area contributed by atoms with Gasteiger partial charge < -0.3 is 5.32 Å². The third-order valence-corrected chi connectivity index (χ3v) is 5.06. The van der Waals surface area contributed by atoms with E-state index in [9.17, 15) is 0 Å². The standard InChI is InChI=1S/C19H40N2/c1-15(2)12-13-21(18-10-8-9-11-18)17(4)16(3)14-20-19(5,6)7/h15-18,20H,8-14H2,1-7H3. The van der Waals surface area contributed by atoms with Crippen LogP contribution in [0.15, 0.2) is 0 Å². The summed E-state index contributed by atoms with van der Waals surface area (Å²) in [5, 5.41) is 3.69. The molecule has 2 unspecified atom stereocenters. The molecular weight excluding hydrogens is 256 g/mol. The Morgan fingerprint density at radius 3 is 2.10 bits per heavy atom. The molecule has 2 nitrogen and oxygen atoms in total. The summed E-state index contributed by atoms with van der Waals surface area (Å²) in [6, 6.07) is 1.53. The zero-order chi connectivity index (χ0) is 16.0. The quantitative estimate of drug-likeness (QED) is 0.699. The zero-order valence-electron chi connectivity index (χ0n) is 15.7. The van der Waals surface area contributed by atoms with Gasteiger partial charge in [-0.25, -0.2) is 0 Å². The Balaban J connectivity index is 2.58. The Hall–Kier alpha value is -0.0800. The molecule has 0 saturated heterocycles. The molecule has 2 heteroatoms. The molecule has 1 aliphatic rings. The van der Waals surface area contributed by atoms with E-state index >= 15 is 0 Å². The summed E-state index contributed by atoms with van der Waals surface area (Å²) >= 11 is 0. The van der Waals surface area contributed by atoms with Gasteiger partial charge in [0.25, 0.3) is 0 Å². The van der Waals surface area contributed by atoms with Crippen LogP contribution in [0.3, 0.4) is 0 Å². The summed E-state index contributed by atoms with van der Waals surface area (Å²) in [4.78, 5) is 2.84. The zero-order valence-corrected chi connectivity index (χ0v) is 15.7. The van der Waals surface area contributed by atoms with Crippen LogP contribution in [-0.2, 0) is 0 Å². The average Bonchev–Trinajstić information content (AvgIpc) is 2.88. The lowest BCUT2D eigenvalue weighted by atomic mass is 9.97. The van der Waals surface area contributed by atoms with Crippen LogP contribution in [0.5, 0.6) is 0 Å². The first-order chi connectivity index (χ1) is 9.70. The van der Waals surface area contributed by atoms with Crippen LogP contribution in [0, 0.1) is 11.8 Å². The molecule has 2 atom stereocenters. The summed E-state index contributed by atoms with van der Waals surface area (Å²) in [7, 11) is 0. The van der Waals surface area contributed by atoms with Gasteiger partial charge in [0.1, 0.15) is 0 Å². The molecule has 0 aromatic carbocycles.